The van der Waals surface area contributed by atoms with Crippen LogP contribution < -0.4 is 5.73 Å². The van der Waals surface area contributed by atoms with Crippen molar-refractivity contribution in [1.29, 1.82) is 0 Å². The molecule has 0 radical (unpaired) electrons. The molecule has 0 bridgehead atoms. The van der Waals surface area contributed by atoms with Gasteiger partial charge in [-0.05, 0) is 17.7 Å². The minimum absolute atomic E-state index is 0.0435. The molecule has 0 aliphatic rings. The second-order valence-corrected chi connectivity index (χ2v) is 3.52. The molecule has 0 fully saturated rings. The average Bonchev–Trinajstić information content (AvgIpc) is 2.30. The molecular weight excluding hydrogens is 230 g/mol. The van der Waals surface area contributed by atoms with E-state index in [9.17, 15) is 9.59 Å². The highest BCUT2D eigenvalue weighted by molar-refractivity contribution is 6.27. The van der Waals surface area contributed by atoms with Crippen molar-refractivity contribution in [1.82, 2.24) is 0 Å². The molecule has 4 nitrogen and oxygen atoms in total. The fourth-order valence-electron chi connectivity index (χ4n) is 1.26. The first-order valence-corrected chi connectivity index (χ1v) is 5.16. The molecule has 0 aliphatic heterocycles. The number of Topliss-reactive ketones (excluding diaryl/α,β-unsaturated/α-hetero) is 1. The van der Waals surface area contributed by atoms with Gasteiger partial charge in [0, 0.05) is 12.1 Å². The molecule has 86 valence electrons. The number of alkyl halides is 1. The van der Waals surface area contributed by atoms with E-state index < -0.39 is 5.97 Å². The minimum Gasteiger partial charge on any atom is -0.465 e. The van der Waals surface area contributed by atoms with Crippen LogP contribution in [-0.2, 0) is 16.0 Å². The third kappa shape index (κ3) is 2.97. The van der Waals surface area contributed by atoms with E-state index >= 15 is 0 Å². The van der Waals surface area contributed by atoms with Gasteiger partial charge in [0.1, 0.15) is 0 Å². The van der Waals surface area contributed by atoms with Crippen molar-refractivity contribution < 1.29 is 14.3 Å². The van der Waals surface area contributed by atoms with Crippen LogP contribution in [0.2, 0.25) is 0 Å². The summed E-state index contributed by atoms with van der Waals surface area (Å²) in [6.45, 7) is 0. The number of carbonyl (C=O) groups excluding carboxylic acids is 2. The maximum atomic E-state index is 11.2. The number of ketones is 1. The van der Waals surface area contributed by atoms with E-state index in [1.807, 2.05) is 0 Å². The first kappa shape index (κ1) is 12.5. The van der Waals surface area contributed by atoms with E-state index in [1.165, 1.54) is 13.2 Å². The third-order valence-electron chi connectivity index (χ3n) is 2.10. The molecule has 0 heterocycles. The van der Waals surface area contributed by atoms with Crippen LogP contribution >= 0.6 is 11.6 Å². The molecule has 1 rings (SSSR count). The van der Waals surface area contributed by atoms with Gasteiger partial charge in [-0.3, -0.25) is 4.79 Å². The number of hydrogen-bond donors (Lipinski definition) is 1. The highest BCUT2D eigenvalue weighted by Crippen LogP contribution is 2.16. The second kappa shape index (κ2) is 5.51. The van der Waals surface area contributed by atoms with E-state index in [0.29, 0.717) is 16.8 Å². The molecule has 16 heavy (non-hydrogen) atoms. The fourth-order valence-corrected chi connectivity index (χ4v) is 1.35. The van der Waals surface area contributed by atoms with Crippen molar-refractivity contribution in [2.75, 3.05) is 18.7 Å². The molecule has 0 saturated carbocycles. The number of esters is 1. The molecule has 2 N–H and O–H groups in total. The molecule has 0 saturated heterocycles. The Hall–Kier alpha value is -1.55. The van der Waals surface area contributed by atoms with Crippen molar-refractivity contribution in [3.63, 3.8) is 0 Å². The van der Waals surface area contributed by atoms with Gasteiger partial charge in [-0.2, -0.15) is 0 Å². The zero-order valence-corrected chi connectivity index (χ0v) is 9.58. The smallest absolute Gasteiger partial charge is 0.337 e. The molecule has 1 aromatic rings. The van der Waals surface area contributed by atoms with Gasteiger partial charge >= 0.3 is 5.97 Å². The van der Waals surface area contributed by atoms with E-state index in [1.54, 1.807) is 12.1 Å². The van der Waals surface area contributed by atoms with Gasteiger partial charge in [0.25, 0.3) is 0 Å². The Kier molecular flexibility index (Phi) is 4.31. The number of nitrogens with two attached hydrogens (primary N) is 1. The number of halogens is 1. The van der Waals surface area contributed by atoms with Crippen LogP contribution in [0.25, 0.3) is 0 Å². The minimum atomic E-state index is -0.457. The summed E-state index contributed by atoms with van der Waals surface area (Å²) in [5.41, 5.74) is 7.13. The highest BCUT2D eigenvalue weighted by atomic mass is 35.5. The zero-order valence-electron chi connectivity index (χ0n) is 8.83. The second-order valence-electron chi connectivity index (χ2n) is 3.25. The molecular formula is C11H12ClNO3. The first-order valence-electron chi connectivity index (χ1n) is 4.63. The van der Waals surface area contributed by atoms with Crippen molar-refractivity contribution in [3.05, 3.63) is 29.3 Å². The fraction of sp³-hybridized carbons (Fsp3) is 0.273. The SMILES string of the molecule is COC(=O)c1ccc(CC(=O)CCl)c(N)c1. The number of rotatable bonds is 4. The lowest BCUT2D eigenvalue weighted by Crippen LogP contribution is -2.08. The summed E-state index contributed by atoms with van der Waals surface area (Å²) in [6, 6.07) is 4.69. The molecule has 0 spiro atoms. The van der Waals surface area contributed by atoms with Gasteiger partial charge in [-0.1, -0.05) is 6.07 Å². The van der Waals surface area contributed by atoms with E-state index in [0.717, 1.165) is 0 Å². The van der Waals surface area contributed by atoms with Crippen LogP contribution in [0.1, 0.15) is 15.9 Å². The standard InChI is InChI=1S/C11H12ClNO3/c1-16-11(15)8-3-2-7(10(13)5-8)4-9(14)6-12/h2-3,5H,4,6,13H2,1H3. The summed E-state index contributed by atoms with van der Waals surface area (Å²) in [5, 5.41) is 0. The number of carbonyl (C=O) groups is 2. The lowest BCUT2D eigenvalue weighted by molar-refractivity contribution is -0.116. The molecule has 5 heteroatoms. The Morgan fingerprint density at radius 3 is 2.62 bits per heavy atom. The maximum Gasteiger partial charge on any atom is 0.337 e. The molecule has 0 aromatic heterocycles. The molecule has 1 aromatic carbocycles. The Balaban J connectivity index is 2.91. The van der Waals surface area contributed by atoms with E-state index in [-0.39, 0.29) is 18.1 Å². The average molecular weight is 242 g/mol. The van der Waals surface area contributed by atoms with Crippen LogP contribution in [0.4, 0.5) is 5.69 Å². The summed E-state index contributed by atoms with van der Waals surface area (Å²) in [7, 11) is 1.30. The van der Waals surface area contributed by atoms with Gasteiger partial charge in [0.2, 0.25) is 0 Å². The number of anilines is 1. The Labute approximate surface area is 98.3 Å². The van der Waals surface area contributed by atoms with Crippen LogP contribution in [0.3, 0.4) is 0 Å². The van der Waals surface area contributed by atoms with Gasteiger partial charge in [-0.25, -0.2) is 4.79 Å². The highest BCUT2D eigenvalue weighted by Gasteiger charge is 2.10. The van der Waals surface area contributed by atoms with Gasteiger partial charge in [-0.15, -0.1) is 11.6 Å². The first-order chi connectivity index (χ1) is 7.58. The maximum absolute atomic E-state index is 11.2. The summed E-state index contributed by atoms with van der Waals surface area (Å²) in [4.78, 5) is 22.3. The van der Waals surface area contributed by atoms with Crippen molar-refractivity contribution in [3.8, 4) is 0 Å². The lowest BCUT2D eigenvalue weighted by Gasteiger charge is -2.06. The van der Waals surface area contributed by atoms with Crippen LogP contribution in [0, 0.1) is 0 Å². The quantitative estimate of drug-likeness (QED) is 0.492. The molecule has 0 aliphatic carbocycles. The van der Waals surface area contributed by atoms with Crippen molar-refractivity contribution in [2.24, 2.45) is 0 Å². The predicted octanol–water partition coefficient (Wildman–Crippen LogP) is 1.41. The number of ether oxygens (including phenoxy) is 1. The molecule has 0 atom stereocenters. The van der Waals surface area contributed by atoms with Crippen LogP contribution in [0.15, 0.2) is 18.2 Å². The Bertz CT molecular complexity index is 418. The summed E-state index contributed by atoms with van der Waals surface area (Å²) in [5.74, 6) is -0.612. The number of nitrogen functional groups attached to an aromatic ring is 1. The molecule has 0 unspecified atom stereocenters. The lowest BCUT2D eigenvalue weighted by atomic mass is 10.0. The zero-order chi connectivity index (χ0) is 12.1. The monoisotopic (exact) mass is 241 g/mol. The topological polar surface area (TPSA) is 69.4 Å². The Morgan fingerprint density at radius 2 is 2.12 bits per heavy atom. The largest absolute Gasteiger partial charge is 0.465 e. The van der Waals surface area contributed by atoms with Gasteiger partial charge in [0.05, 0.1) is 18.6 Å². The Morgan fingerprint density at radius 1 is 1.44 bits per heavy atom. The van der Waals surface area contributed by atoms with Crippen LogP contribution in [-0.4, -0.2) is 24.7 Å². The molecule has 0 amide bonds. The summed E-state index contributed by atoms with van der Waals surface area (Å²) < 4.78 is 4.55. The number of hydrogen-bond acceptors (Lipinski definition) is 4. The third-order valence-corrected chi connectivity index (χ3v) is 2.40. The van der Waals surface area contributed by atoms with Gasteiger partial charge in [0.15, 0.2) is 5.78 Å². The predicted molar refractivity (Wildman–Crippen MR) is 61.6 cm³/mol. The number of methoxy groups -OCH3 is 1. The van der Waals surface area contributed by atoms with Gasteiger partial charge < -0.3 is 10.5 Å². The normalized spacial score (nSPS) is 9.88. The van der Waals surface area contributed by atoms with Crippen molar-refractivity contribution >= 4 is 29.0 Å². The van der Waals surface area contributed by atoms with Crippen LogP contribution in [0.5, 0.6) is 0 Å². The summed E-state index contributed by atoms with van der Waals surface area (Å²) >= 11 is 5.39. The van der Waals surface area contributed by atoms with Crippen molar-refractivity contribution in [2.45, 2.75) is 6.42 Å². The number of benzene rings is 1. The summed E-state index contributed by atoms with van der Waals surface area (Å²) in [6.07, 6.45) is 0.177. The van der Waals surface area contributed by atoms with E-state index in [4.69, 9.17) is 17.3 Å². The van der Waals surface area contributed by atoms with E-state index in [2.05, 4.69) is 4.74 Å².